The van der Waals surface area contributed by atoms with Crippen molar-refractivity contribution in [1.29, 1.82) is 0 Å². The van der Waals surface area contributed by atoms with E-state index in [9.17, 15) is 0 Å². The average molecular weight is 200 g/mol. The normalized spacial score (nSPS) is 30.0. The lowest BCUT2D eigenvalue weighted by Crippen LogP contribution is -2.35. The molecule has 2 heteroatoms. The van der Waals surface area contributed by atoms with E-state index in [2.05, 4.69) is 33.5 Å². The molecule has 0 spiro atoms. The van der Waals surface area contributed by atoms with Gasteiger partial charge in [0.25, 0.3) is 0 Å². The predicted octanol–water partition coefficient (Wildman–Crippen LogP) is 3.66. The fraction of sp³-hybridized carbons (Fsp3) is 1.00. The van der Waals surface area contributed by atoms with Crippen molar-refractivity contribution in [3.8, 4) is 0 Å². The van der Waals surface area contributed by atoms with Gasteiger partial charge in [0.1, 0.15) is 0 Å². The van der Waals surface area contributed by atoms with Gasteiger partial charge in [-0.3, -0.25) is 0 Å². The van der Waals surface area contributed by atoms with E-state index in [1.807, 2.05) is 0 Å². The van der Waals surface area contributed by atoms with Crippen molar-refractivity contribution in [3.63, 3.8) is 0 Å². The van der Waals surface area contributed by atoms with Crippen molar-refractivity contribution in [2.24, 2.45) is 11.8 Å². The topological polar surface area (TPSA) is 9.23 Å². The molecule has 0 aromatic rings. The molecule has 2 atom stereocenters. The summed E-state index contributed by atoms with van der Waals surface area (Å²) in [6.45, 7) is 11.5. The zero-order chi connectivity index (χ0) is 10.1. The SMILES string of the molecule is CC(C)C1CCCC1O[Si](C)(C)C. The molecule has 1 saturated carbocycles. The monoisotopic (exact) mass is 200 g/mol. The van der Waals surface area contributed by atoms with E-state index < -0.39 is 8.32 Å². The molecule has 1 fully saturated rings. The van der Waals surface area contributed by atoms with Crippen LogP contribution in [0.4, 0.5) is 0 Å². The molecular formula is C11H24OSi. The van der Waals surface area contributed by atoms with Gasteiger partial charge in [0.2, 0.25) is 0 Å². The Kier molecular flexibility index (Phi) is 3.58. The summed E-state index contributed by atoms with van der Waals surface area (Å²) in [6, 6.07) is 0. The zero-order valence-corrected chi connectivity index (χ0v) is 10.8. The van der Waals surface area contributed by atoms with Crippen LogP contribution in [0, 0.1) is 11.8 Å². The first-order valence-corrected chi connectivity index (χ1v) is 8.99. The number of hydrogen-bond acceptors (Lipinski definition) is 1. The lowest BCUT2D eigenvalue weighted by Gasteiger charge is -2.29. The van der Waals surface area contributed by atoms with Crippen LogP contribution in [0.2, 0.25) is 19.6 Å². The summed E-state index contributed by atoms with van der Waals surface area (Å²) in [6.07, 6.45) is 4.63. The average Bonchev–Trinajstić information content (AvgIpc) is 2.31. The summed E-state index contributed by atoms with van der Waals surface area (Å²) in [5.41, 5.74) is 0. The number of hydrogen-bond donors (Lipinski definition) is 0. The zero-order valence-electron chi connectivity index (χ0n) is 9.76. The minimum Gasteiger partial charge on any atom is -0.414 e. The Balaban J connectivity index is 2.49. The second-order valence-corrected chi connectivity index (χ2v) is 10.1. The van der Waals surface area contributed by atoms with Gasteiger partial charge in [0, 0.05) is 6.10 Å². The molecule has 0 N–H and O–H groups in total. The maximum absolute atomic E-state index is 6.21. The minimum atomic E-state index is -1.31. The highest BCUT2D eigenvalue weighted by molar-refractivity contribution is 6.69. The van der Waals surface area contributed by atoms with Gasteiger partial charge in [0.15, 0.2) is 8.32 Å². The molecule has 13 heavy (non-hydrogen) atoms. The van der Waals surface area contributed by atoms with Crippen molar-refractivity contribution >= 4 is 8.32 Å². The van der Waals surface area contributed by atoms with Crippen molar-refractivity contribution < 1.29 is 4.43 Å². The molecule has 2 unspecified atom stereocenters. The van der Waals surface area contributed by atoms with E-state index in [-0.39, 0.29) is 0 Å². The Morgan fingerprint density at radius 2 is 1.77 bits per heavy atom. The molecule has 0 radical (unpaired) electrons. The Labute approximate surface area is 84.0 Å². The first kappa shape index (κ1) is 11.3. The molecule has 1 aliphatic rings. The van der Waals surface area contributed by atoms with Crippen LogP contribution < -0.4 is 0 Å². The summed E-state index contributed by atoms with van der Waals surface area (Å²) in [4.78, 5) is 0. The highest BCUT2D eigenvalue weighted by atomic mass is 28.4. The summed E-state index contributed by atoms with van der Waals surface area (Å²) in [7, 11) is -1.31. The van der Waals surface area contributed by atoms with Crippen LogP contribution in [-0.2, 0) is 4.43 Å². The Morgan fingerprint density at radius 3 is 2.23 bits per heavy atom. The van der Waals surface area contributed by atoms with Crippen LogP contribution in [0.3, 0.4) is 0 Å². The third kappa shape index (κ3) is 3.43. The number of rotatable bonds is 3. The molecule has 1 rings (SSSR count). The van der Waals surface area contributed by atoms with Gasteiger partial charge >= 0.3 is 0 Å². The van der Waals surface area contributed by atoms with Gasteiger partial charge in [0.05, 0.1) is 0 Å². The molecule has 0 amide bonds. The minimum absolute atomic E-state index is 0.576. The highest BCUT2D eigenvalue weighted by Crippen LogP contribution is 2.35. The third-order valence-electron chi connectivity index (χ3n) is 2.86. The summed E-state index contributed by atoms with van der Waals surface area (Å²) >= 11 is 0. The highest BCUT2D eigenvalue weighted by Gasteiger charge is 2.33. The summed E-state index contributed by atoms with van der Waals surface area (Å²) in [5.74, 6) is 1.62. The van der Waals surface area contributed by atoms with E-state index in [4.69, 9.17) is 4.43 Å². The predicted molar refractivity (Wildman–Crippen MR) is 60.4 cm³/mol. The third-order valence-corrected chi connectivity index (χ3v) is 3.87. The Morgan fingerprint density at radius 1 is 1.15 bits per heavy atom. The molecule has 1 nitrogen and oxygen atoms in total. The van der Waals surface area contributed by atoms with E-state index >= 15 is 0 Å². The Bertz CT molecular complexity index is 160. The van der Waals surface area contributed by atoms with Crippen LogP contribution >= 0.6 is 0 Å². The van der Waals surface area contributed by atoms with Crippen molar-refractivity contribution in [3.05, 3.63) is 0 Å². The van der Waals surface area contributed by atoms with Crippen LogP contribution in [0.1, 0.15) is 33.1 Å². The second kappa shape index (κ2) is 4.14. The van der Waals surface area contributed by atoms with E-state index in [1.54, 1.807) is 0 Å². The quantitative estimate of drug-likeness (QED) is 0.632. The van der Waals surface area contributed by atoms with E-state index in [0.717, 1.165) is 11.8 Å². The summed E-state index contributed by atoms with van der Waals surface area (Å²) in [5, 5.41) is 0. The molecule has 0 heterocycles. The lowest BCUT2D eigenvalue weighted by atomic mass is 9.93. The maximum Gasteiger partial charge on any atom is 0.184 e. The molecule has 0 bridgehead atoms. The molecular weight excluding hydrogens is 176 g/mol. The maximum atomic E-state index is 6.21. The van der Waals surface area contributed by atoms with Gasteiger partial charge in [-0.2, -0.15) is 0 Å². The largest absolute Gasteiger partial charge is 0.414 e. The second-order valence-electron chi connectivity index (χ2n) is 5.61. The van der Waals surface area contributed by atoms with Crippen LogP contribution in [-0.4, -0.2) is 14.4 Å². The van der Waals surface area contributed by atoms with Crippen molar-refractivity contribution in [2.45, 2.75) is 58.9 Å². The van der Waals surface area contributed by atoms with Gasteiger partial charge in [-0.25, -0.2) is 0 Å². The fourth-order valence-corrected chi connectivity index (χ4v) is 3.52. The molecule has 0 saturated heterocycles. The molecule has 1 aliphatic carbocycles. The van der Waals surface area contributed by atoms with Crippen LogP contribution in [0.5, 0.6) is 0 Å². The first-order valence-electron chi connectivity index (χ1n) is 5.58. The Hall–Kier alpha value is 0.177. The van der Waals surface area contributed by atoms with Gasteiger partial charge in [-0.05, 0) is 44.3 Å². The molecule has 78 valence electrons. The van der Waals surface area contributed by atoms with E-state index in [0.29, 0.717) is 6.10 Å². The van der Waals surface area contributed by atoms with Crippen molar-refractivity contribution in [2.75, 3.05) is 0 Å². The first-order chi connectivity index (χ1) is 5.90. The lowest BCUT2D eigenvalue weighted by molar-refractivity contribution is 0.125. The van der Waals surface area contributed by atoms with Crippen LogP contribution in [0.15, 0.2) is 0 Å². The summed E-state index contributed by atoms with van der Waals surface area (Å²) < 4.78 is 6.21. The van der Waals surface area contributed by atoms with Gasteiger partial charge < -0.3 is 4.43 Å². The van der Waals surface area contributed by atoms with Crippen molar-refractivity contribution in [1.82, 2.24) is 0 Å². The molecule has 0 aromatic carbocycles. The molecule has 0 aliphatic heterocycles. The standard InChI is InChI=1S/C11H24OSi/c1-9(2)10-7-6-8-11(10)12-13(3,4)5/h9-11H,6-8H2,1-5H3. The van der Waals surface area contributed by atoms with Gasteiger partial charge in [-0.15, -0.1) is 0 Å². The van der Waals surface area contributed by atoms with Gasteiger partial charge in [-0.1, -0.05) is 20.3 Å². The van der Waals surface area contributed by atoms with Crippen LogP contribution in [0.25, 0.3) is 0 Å². The van der Waals surface area contributed by atoms with E-state index in [1.165, 1.54) is 19.3 Å². The fourth-order valence-electron chi connectivity index (χ4n) is 2.32. The smallest absolute Gasteiger partial charge is 0.184 e. The molecule has 0 aromatic heterocycles.